The summed E-state index contributed by atoms with van der Waals surface area (Å²) in [6.45, 7) is 0. The van der Waals surface area contributed by atoms with E-state index < -0.39 is 0 Å². The molecule has 0 amide bonds. The van der Waals surface area contributed by atoms with Crippen LogP contribution >= 0.6 is 0 Å². The topological polar surface area (TPSA) is 8.17 Å². The van der Waals surface area contributed by atoms with E-state index in [9.17, 15) is 0 Å². The van der Waals surface area contributed by atoms with Gasteiger partial charge in [0.05, 0.1) is 11.0 Å². The summed E-state index contributed by atoms with van der Waals surface area (Å²) in [7, 11) is 0. The highest BCUT2D eigenvalue weighted by Gasteiger charge is 2.20. The van der Waals surface area contributed by atoms with Crippen LogP contribution in [0, 0.1) is 0 Å². The Balaban J connectivity index is 1.08. The molecule has 0 aliphatic heterocycles. The lowest BCUT2D eigenvalue weighted by Gasteiger charge is -2.24. The normalized spacial score (nSPS) is 13.2. The third-order valence-electron chi connectivity index (χ3n) is 10.6. The van der Waals surface area contributed by atoms with E-state index in [0.717, 1.165) is 17.8 Å². The minimum atomic E-state index is 0.820. The molecule has 2 heteroatoms. The second kappa shape index (κ2) is 13.0. The minimum Gasteiger partial charge on any atom is -0.317 e. The van der Waals surface area contributed by atoms with Gasteiger partial charge in [0.15, 0.2) is 0 Å². The number of anilines is 2. The van der Waals surface area contributed by atoms with Gasteiger partial charge in [-0.1, -0.05) is 152 Å². The molecular weight excluding hydrogens is 641 g/mol. The molecule has 8 aromatic carbocycles. The molecule has 250 valence electrons. The summed E-state index contributed by atoms with van der Waals surface area (Å²) in [5, 5.41) is 5.08. The van der Waals surface area contributed by atoms with Crippen LogP contribution in [0.25, 0.3) is 66.6 Å². The first kappa shape index (κ1) is 30.9. The Morgan fingerprint density at radius 2 is 1.06 bits per heavy atom. The molecule has 0 saturated heterocycles. The van der Waals surface area contributed by atoms with Crippen molar-refractivity contribution in [3.63, 3.8) is 0 Å². The Bertz CT molecular complexity index is 2820. The predicted octanol–water partition coefficient (Wildman–Crippen LogP) is 13.6. The molecule has 0 radical (unpaired) electrons. The van der Waals surface area contributed by atoms with Crippen molar-refractivity contribution in [3.05, 3.63) is 217 Å². The average Bonchev–Trinajstić information content (AvgIpc) is 3.58. The van der Waals surface area contributed by atoms with Gasteiger partial charge in [-0.2, -0.15) is 0 Å². The summed E-state index contributed by atoms with van der Waals surface area (Å²) in [5.74, 6) is 0. The van der Waals surface area contributed by atoms with Gasteiger partial charge in [-0.25, -0.2) is 0 Å². The third kappa shape index (κ3) is 5.62. The van der Waals surface area contributed by atoms with Crippen LogP contribution in [-0.4, -0.2) is 4.57 Å². The molecule has 0 atom stereocenters. The highest BCUT2D eigenvalue weighted by Crippen LogP contribution is 2.39. The number of rotatable bonds is 6. The van der Waals surface area contributed by atoms with Crippen LogP contribution < -0.4 is 4.90 Å². The standard InChI is InChI=1S/C51H36N2/c1-3-11-37(12-4-1)39-23-28-44(29-24-39)52(45-30-25-40(26-31-45)43-22-21-38-13-7-8-14-42(38)34-43)35-36-19-20-41-27-32-48-47-17-9-10-18-50(47)53(51(48)49(41)33-36)46-15-5-2-6-16-46/h1-32,34-35H,33H2/b36-35+. The van der Waals surface area contributed by atoms with Crippen molar-refractivity contribution in [1.82, 2.24) is 4.57 Å². The molecule has 0 saturated carbocycles. The summed E-state index contributed by atoms with van der Waals surface area (Å²) in [4.78, 5) is 2.34. The summed E-state index contributed by atoms with van der Waals surface area (Å²) in [6.07, 6.45) is 7.73. The van der Waals surface area contributed by atoms with Crippen LogP contribution in [0.3, 0.4) is 0 Å². The van der Waals surface area contributed by atoms with Crippen LogP contribution in [-0.2, 0) is 6.42 Å². The van der Waals surface area contributed by atoms with E-state index in [-0.39, 0.29) is 0 Å². The fraction of sp³-hybridized carbons (Fsp3) is 0.0196. The van der Waals surface area contributed by atoms with Gasteiger partial charge < -0.3 is 9.47 Å². The fourth-order valence-electron chi connectivity index (χ4n) is 7.97. The number of hydrogen-bond acceptors (Lipinski definition) is 1. The molecule has 0 unspecified atom stereocenters. The van der Waals surface area contributed by atoms with Crippen molar-refractivity contribution in [2.45, 2.75) is 6.42 Å². The molecular formula is C51H36N2. The van der Waals surface area contributed by atoms with Crippen LogP contribution in [0.4, 0.5) is 11.4 Å². The first-order chi connectivity index (χ1) is 26.3. The molecule has 10 rings (SSSR count). The average molecular weight is 677 g/mol. The molecule has 0 fully saturated rings. The Morgan fingerprint density at radius 1 is 0.453 bits per heavy atom. The van der Waals surface area contributed by atoms with E-state index in [1.807, 2.05) is 0 Å². The van der Waals surface area contributed by atoms with Crippen molar-refractivity contribution in [1.29, 1.82) is 0 Å². The van der Waals surface area contributed by atoms with Gasteiger partial charge in [0, 0.05) is 40.5 Å². The van der Waals surface area contributed by atoms with Crippen LogP contribution in [0.2, 0.25) is 0 Å². The Kier molecular flexibility index (Phi) is 7.58. The largest absolute Gasteiger partial charge is 0.317 e. The molecule has 0 spiro atoms. The van der Waals surface area contributed by atoms with Gasteiger partial charge in [0.2, 0.25) is 0 Å². The second-order valence-corrected chi connectivity index (χ2v) is 13.8. The highest BCUT2D eigenvalue weighted by molar-refractivity contribution is 6.11. The van der Waals surface area contributed by atoms with E-state index in [1.54, 1.807) is 0 Å². The van der Waals surface area contributed by atoms with Crippen LogP contribution in [0.15, 0.2) is 206 Å². The predicted molar refractivity (Wildman–Crippen MR) is 225 cm³/mol. The van der Waals surface area contributed by atoms with Gasteiger partial charge in [-0.05, 0) is 98.3 Å². The van der Waals surface area contributed by atoms with E-state index >= 15 is 0 Å². The Morgan fingerprint density at radius 3 is 1.81 bits per heavy atom. The zero-order valence-electron chi connectivity index (χ0n) is 29.2. The molecule has 1 aliphatic carbocycles. The van der Waals surface area contributed by atoms with Gasteiger partial charge in [-0.15, -0.1) is 0 Å². The summed E-state index contributed by atoms with van der Waals surface area (Å²) in [6, 6.07) is 67.9. The maximum absolute atomic E-state index is 2.45. The summed E-state index contributed by atoms with van der Waals surface area (Å²) < 4.78 is 2.45. The van der Waals surface area contributed by atoms with Gasteiger partial charge in [0.25, 0.3) is 0 Å². The van der Waals surface area contributed by atoms with E-state index in [4.69, 9.17) is 0 Å². The molecule has 0 bridgehead atoms. The lowest BCUT2D eigenvalue weighted by atomic mass is 9.91. The van der Waals surface area contributed by atoms with Crippen molar-refractivity contribution < 1.29 is 0 Å². The number of allylic oxidation sites excluding steroid dienone is 2. The smallest absolute Gasteiger partial charge is 0.0582 e. The lowest BCUT2D eigenvalue weighted by molar-refractivity contribution is 1.11. The molecule has 1 aromatic heterocycles. The minimum absolute atomic E-state index is 0.820. The SMILES string of the molecule is C1=Cc2ccc3c4ccccc4n(-c4ccccc4)c3c2C/C1=C/N(c1ccc(-c2ccccc2)cc1)c1ccc(-c2ccc3ccccc3c2)cc1. The third-order valence-corrected chi connectivity index (χ3v) is 10.6. The number of nitrogens with zero attached hydrogens (tertiary/aromatic N) is 2. The van der Waals surface area contributed by atoms with Gasteiger partial charge in [0.1, 0.15) is 0 Å². The molecule has 1 aliphatic rings. The Hall–Kier alpha value is -6.90. The quantitative estimate of drug-likeness (QED) is 0.170. The van der Waals surface area contributed by atoms with E-state index in [0.29, 0.717) is 0 Å². The van der Waals surface area contributed by atoms with Crippen molar-refractivity contribution in [2.24, 2.45) is 0 Å². The van der Waals surface area contributed by atoms with Crippen molar-refractivity contribution in [2.75, 3.05) is 4.90 Å². The maximum Gasteiger partial charge on any atom is 0.0582 e. The zero-order valence-corrected chi connectivity index (χ0v) is 29.2. The van der Waals surface area contributed by atoms with E-state index in [1.165, 1.54) is 77.2 Å². The number of fused-ring (bicyclic) bond motifs is 6. The van der Waals surface area contributed by atoms with Gasteiger partial charge in [-0.3, -0.25) is 0 Å². The van der Waals surface area contributed by atoms with E-state index in [2.05, 4.69) is 216 Å². The molecule has 53 heavy (non-hydrogen) atoms. The molecule has 0 N–H and O–H groups in total. The van der Waals surface area contributed by atoms with Crippen LogP contribution in [0.1, 0.15) is 11.1 Å². The lowest BCUT2D eigenvalue weighted by Crippen LogP contribution is -2.11. The monoisotopic (exact) mass is 676 g/mol. The Labute approximate surface area is 309 Å². The number of aromatic nitrogens is 1. The number of para-hydroxylation sites is 2. The zero-order chi connectivity index (χ0) is 35.1. The van der Waals surface area contributed by atoms with Crippen molar-refractivity contribution >= 4 is 50.0 Å². The first-order valence-corrected chi connectivity index (χ1v) is 18.3. The maximum atomic E-state index is 2.45. The fourth-order valence-corrected chi connectivity index (χ4v) is 7.97. The molecule has 2 nitrogen and oxygen atoms in total. The summed E-state index contributed by atoms with van der Waals surface area (Å²) >= 11 is 0. The van der Waals surface area contributed by atoms with Gasteiger partial charge >= 0.3 is 0 Å². The second-order valence-electron chi connectivity index (χ2n) is 13.8. The summed E-state index contributed by atoms with van der Waals surface area (Å²) in [5.41, 5.74) is 14.6. The van der Waals surface area contributed by atoms with Crippen LogP contribution in [0.5, 0.6) is 0 Å². The van der Waals surface area contributed by atoms with Crippen molar-refractivity contribution in [3.8, 4) is 27.9 Å². The number of benzene rings is 8. The molecule has 9 aromatic rings. The highest BCUT2D eigenvalue weighted by atomic mass is 15.1. The molecule has 1 heterocycles. The first-order valence-electron chi connectivity index (χ1n) is 18.3. The number of hydrogen-bond donors (Lipinski definition) is 0.